The normalized spacial score (nSPS) is 27.3. The average molecular weight is 186 g/mol. The topological polar surface area (TPSA) is 12.0 Å². The van der Waals surface area contributed by atoms with Crippen LogP contribution in [-0.4, -0.2) is 19.0 Å². The Morgan fingerprint density at radius 3 is 2.09 bits per heavy atom. The predicted octanol–water partition coefficient (Wildman–Crippen LogP) is 2.06. The first-order valence-electron chi connectivity index (χ1n) is 3.54. The van der Waals surface area contributed by atoms with E-state index in [9.17, 15) is 8.78 Å². The first kappa shape index (κ1) is 11.1. The van der Waals surface area contributed by atoms with Gasteiger partial charge in [-0.15, -0.1) is 12.4 Å². The third-order valence-electron chi connectivity index (χ3n) is 2.26. The molecule has 1 heterocycles. The summed E-state index contributed by atoms with van der Waals surface area (Å²) < 4.78 is 25.8. The quantitative estimate of drug-likeness (QED) is 0.609. The van der Waals surface area contributed by atoms with Crippen LogP contribution in [0.4, 0.5) is 8.78 Å². The van der Waals surface area contributed by atoms with E-state index in [0.29, 0.717) is 13.0 Å². The van der Waals surface area contributed by atoms with Crippen molar-refractivity contribution in [1.29, 1.82) is 0 Å². The van der Waals surface area contributed by atoms with Crippen LogP contribution in [-0.2, 0) is 0 Å². The van der Waals surface area contributed by atoms with Crippen LogP contribution in [0.1, 0.15) is 20.3 Å². The molecule has 4 heteroatoms. The second-order valence-electron chi connectivity index (χ2n) is 3.52. The molecule has 1 N–H and O–H groups in total. The highest BCUT2D eigenvalue weighted by Crippen LogP contribution is 2.40. The summed E-state index contributed by atoms with van der Waals surface area (Å²) in [5.41, 5.74) is -0.821. The summed E-state index contributed by atoms with van der Waals surface area (Å²) in [4.78, 5) is 0. The zero-order chi connectivity index (χ0) is 7.83. The van der Waals surface area contributed by atoms with Crippen molar-refractivity contribution in [2.24, 2.45) is 5.41 Å². The maximum absolute atomic E-state index is 12.9. The molecule has 0 aromatic rings. The Labute approximate surface area is 72.0 Å². The van der Waals surface area contributed by atoms with Crippen LogP contribution in [0.2, 0.25) is 0 Å². The van der Waals surface area contributed by atoms with Crippen LogP contribution in [0.5, 0.6) is 0 Å². The number of halogens is 3. The number of nitrogens with one attached hydrogen (secondary N) is 1. The van der Waals surface area contributed by atoms with Crippen molar-refractivity contribution in [3.63, 3.8) is 0 Å². The molecule has 0 spiro atoms. The van der Waals surface area contributed by atoms with Crippen LogP contribution in [0, 0.1) is 5.41 Å². The van der Waals surface area contributed by atoms with Crippen LogP contribution in [0.3, 0.4) is 0 Å². The lowest BCUT2D eigenvalue weighted by Gasteiger charge is -2.38. The van der Waals surface area contributed by atoms with Gasteiger partial charge in [0.05, 0.1) is 6.54 Å². The summed E-state index contributed by atoms with van der Waals surface area (Å²) in [5, 5.41) is 2.68. The Bertz CT molecular complexity index is 120. The van der Waals surface area contributed by atoms with E-state index in [0.717, 1.165) is 0 Å². The van der Waals surface area contributed by atoms with Gasteiger partial charge in [0.25, 0.3) is 5.92 Å². The van der Waals surface area contributed by atoms with Crippen molar-refractivity contribution in [2.45, 2.75) is 26.2 Å². The Morgan fingerprint density at radius 1 is 1.27 bits per heavy atom. The summed E-state index contributed by atoms with van der Waals surface area (Å²) in [5.74, 6) is -2.54. The van der Waals surface area contributed by atoms with Gasteiger partial charge in [0.15, 0.2) is 0 Å². The lowest BCUT2D eigenvalue weighted by Crippen LogP contribution is -2.51. The molecule has 1 aliphatic rings. The van der Waals surface area contributed by atoms with Gasteiger partial charge in [-0.3, -0.25) is 0 Å². The van der Waals surface area contributed by atoms with E-state index in [2.05, 4.69) is 5.32 Å². The molecule has 68 valence electrons. The van der Waals surface area contributed by atoms with Gasteiger partial charge < -0.3 is 5.32 Å². The minimum Gasteiger partial charge on any atom is -0.311 e. The Hall–Kier alpha value is 0.110. The van der Waals surface area contributed by atoms with Gasteiger partial charge in [-0.25, -0.2) is 8.78 Å². The van der Waals surface area contributed by atoms with E-state index in [1.807, 2.05) is 0 Å². The number of rotatable bonds is 0. The van der Waals surface area contributed by atoms with Gasteiger partial charge in [-0.1, -0.05) is 13.8 Å². The first-order chi connectivity index (χ1) is 4.46. The SMILES string of the molecule is CC1(C)CCNCC1(F)F.Cl. The Morgan fingerprint density at radius 2 is 1.82 bits per heavy atom. The summed E-state index contributed by atoms with van der Waals surface area (Å²) in [6, 6.07) is 0. The molecule has 0 bridgehead atoms. The zero-order valence-corrected chi connectivity index (χ0v) is 7.60. The number of hydrogen-bond donors (Lipinski definition) is 1. The second kappa shape index (κ2) is 3.23. The van der Waals surface area contributed by atoms with Crippen molar-refractivity contribution in [3.05, 3.63) is 0 Å². The van der Waals surface area contributed by atoms with E-state index >= 15 is 0 Å². The Balaban J connectivity index is 0.000001000. The highest BCUT2D eigenvalue weighted by atomic mass is 35.5. The zero-order valence-electron chi connectivity index (χ0n) is 6.79. The molecule has 1 aliphatic heterocycles. The highest BCUT2D eigenvalue weighted by Gasteiger charge is 2.47. The fourth-order valence-corrected chi connectivity index (χ4v) is 1.07. The Kier molecular flexibility index (Phi) is 3.27. The van der Waals surface area contributed by atoms with Crippen molar-refractivity contribution >= 4 is 12.4 Å². The molecule has 0 amide bonds. The fourth-order valence-electron chi connectivity index (χ4n) is 1.07. The smallest absolute Gasteiger partial charge is 0.265 e. The molecule has 0 saturated carbocycles. The molecule has 1 fully saturated rings. The summed E-state index contributed by atoms with van der Waals surface area (Å²) in [7, 11) is 0. The predicted molar refractivity (Wildman–Crippen MR) is 43.5 cm³/mol. The fraction of sp³-hybridized carbons (Fsp3) is 1.00. The minimum absolute atomic E-state index is 0. The summed E-state index contributed by atoms with van der Waals surface area (Å²) in [6.45, 7) is 3.78. The van der Waals surface area contributed by atoms with Gasteiger partial charge in [-0.2, -0.15) is 0 Å². The third-order valence-corrected chi connectivity index (χ3v) is 2.26. The number of alkyl halides is 2. The second-order valence-corrected chi connectivity index (χ2v) is 3.52. The molecule has 11 heavy (non-hydrogen) atoms. The summed E-state index contributed by atoms with van der Waals surface area (Å²) >= 11 is 0. The molecule has 0 aromatic carbocycles. The average Bonchev–Trinajstić information content (AvgIpc) is 1.77. The molecule has 0 aliphatic carbocycles. The van der Waals surface area contributed by atoms with Gasteiger partial charge in [0.2, 0.25) is 0 Å². The van der Waals surface area contributed by atoms with Gasteiger partial charge in [-0.05, 0) is 13.0 Å². The molecule has 1 saturated heterocycles. The van der Waals surface area contributed by atoms with E-state index < -0.39 is 11.3 Å². The number of piperidine rings is 1. The molecule has 1 nitrogen and oxygen atoms in total. The lowest BCUT2D eigenvalue weighted by molar-refractivity contribution is -0.120. The van der Waals surface area contributed by atoms with Crippen LogP contribution in [0.25, 0.3) is 0 Å². The monoisotopic (exact) mass is 185 g/mol. The van der Waals surface area contributed by atoms with Gasteiger partial charge in [0.1, 0.15) is 0 Å². The van der Waals surface area contributed by atoms with Gasteiger partial charge >= 0.3 is 0 Å². The van der Waals surface area contributed by atoms with Crippen LogP contribution in [0.15, 0.2) is 0 Å². The van der Waals surface area contributed by atoms with Crippen LogP contribution < -0.4 is 5.32 Å². The van der Waals surface area contributed by atoms with Crippen molar-refractivity contribution in [2.75, 3.05) is 13.1 Å². The molecule has 0 radical (unpaired) electrons. The summed E-state index contributed by atoms with van der Waals surface area (Å²) in [6.07, 6.45) is 0.556. The maximum Gasteiger partial charge on any atom is 0.265 e. The molecular formula is C7H14ClF2N. The molecule has 0 unspecified atom stereocenters. The van der Waals surface area contributed by atoms with E-state index in [1.165, 1.54) is 0 Å². The number of hydrogen-bond acceptors (Lipinski definition) is 1. The van der Waals surface area contributed by atoms with E-state index in [4.69, 9.17) is 0 Å². The first-order valence-corrected chi connectivity index (χ1v) is 3.54. The molecule has 0 atom stereocenters. The largest absolute Gasteiger partial charge is 0.311 e. The lowest BCUT2D eigenvalue weighted by atomic mass is 9.80. The maximum atomic E-state index is 12.9. The third kappa shape index (κ3) is 2.03. The van der Waals surface area contributed by atoms with E-state index in [1.54, 1.807) is 13.8 Å². The standard InChI is InChI=1S/C7H13F2N.ClH/c1-6(2)3-4-10-5-7(6,8)9;/h10H,3-5H2,1-2H3;1H. The van der Waals surface area contributed by atoms with Crippen molar-refractivity contribution in [3.8, 4) is 0 Å². The van der Waals surface area contributed by atoms with Crippen molar-refractivity contribution in [1.82, 2.24) is 5.32 Å². The van der Waals surface area contributed by atoms with Gasteiger partial charge in [0, 0.05) is 5.41 Å². The minimum atomic E-state index is -2.54. The highest BCUT2D eigenvalue weighted by molar-refractivity contribution is 5.85. The molecule has 1 rings (SSSR count). The van der Waals surface area contributed by atoms with E-state index in [-0.39, 0.29) is 19.0 Å². The molecule has 0 aromatic heterocycles. The van der Waals surface area contributed by atoms with Crippen molar-refractivity contribution < 1.29 is 8.78 Å². The van der Waals surface area contributed by atoms with Crippen LogP contribution >= 0.6 is 12.4 Å². The molecular weight excluding hydrogens is 172 g/mol.